The number of rotatable bonds is 7. The maximum atomic E-state index is 13.0. The van der Waals surface area contributed by atoms with Crippen LogP contribution >= 0.6 is 23.2 Å². The van der Waals surface area contributed by atoms with E-state index in [1.165, 1.54) is 23.1 Å². The number of Topliss-reactive ketones (excluding diaryl/α,β-unsaturated/α-hetero) is 1. The molecule has 3 aromatic rings. The molecule has 0 unspecified atom stereocenters. The number of nitrogens with zero attached hydrogens (tertiary/aromatic N) is 3. The molecule has 0 fully saturated rings. The zero-order valence-corrected chi connectivity index (χ0v) is 17.2. The van der Waals surface area contributed by atoms with Crippen LogP contribution in [0.3, 0.4) is 0 Å². The lowest BCUT2D eigenvalue weighted by Gasteiger charge is -2.23. The van der Waals surface area contributed by atoms with E-state index in [1.807, 2.05) is 0 Å². The number of carboxylic acid groups (broad SMARTS) is 1. The molecule has 2 N–H and O–H groups in total. The SMILES string of the molecule is Cc1nc(C(=O)CC(=O)N(Cc2cccc(Cl)c2)c2ccc(C(=O)O)c(Cl)c2)n[nH]1. The molecule has 2 aromatic carbocycles. The minimum Gasteiger partial charge on any atom is -0.478 e. The van der Waals surface area contributed by atoms with Gasteiger partial charge in [0.05, 0.1) is 23.6 Å². The third-order valence-corrected chi connectivity index (χ3v) is 4.73. The second kappa shape index (κ2) is 9.06. The number of carboxylic acids is 1. The highest BCUT2D eigenvalue weighted by molar-refractivity contribution is 6.34. The Bertz CT molecular complexity index is 1130. The van der Waals surface area contributed by atoms with Gasteiger partial charge in [-0.05, 0) is 42.8 Å². The quantitative estimate of drug-likeness (QED) is 0.419. The molecule has 0 radical (unpaired) electrons. The molecular weight excluding hydrogens is 431 g/mol. The zero-order valence-electron chi connectivity index (χ0n) is 15.7. The van der Waals surface area contributed by atoms with Crippen molar-refractivity contribution in [3.63, 3.8) is 0 Å². The van der Waals surface area contributed by atoms with Gasteiger partial charge in [-0.3, -0.25) is 14.7 Å². The predicted molar refractivity (Wildman–Crippen MR) is 111 cm³/mol. The lowest BCUT2D eigenvalue weighted by molar-refractivity contribution is -0.117. The van der Waals surface area contributed by atoms with E-state index in [9.17, 15) is 19.5 Å². The minimum absolute atomic E-state index is 0.0280. The molecular formula is C20H16Cl2N4O4. The molecule has 10 heteroatoms. The molecule has 0 saturated heterocycles. The molecule has 0 aliphatic carbocycles. The number of aromatic carboxylic acids is 1. The van der Waals surface area contributed by atoms with Crippen LogP contribution in [0.1, 0.15) is 38.8 Å². The fraction of sp³-hybridized carbons (Fsp3) is 0.150. The van der Waals surface area contributed by atoms with Gasteiger partial charge in [-0.2, -0.15) is 5.10 Å². The maximum absolute atomic E-state index is 13.0. The van der Waals surface area contributed by atoms with Crippen LogP contribution in [0, 0.1) is 6.92 Å². The maximum Gasteiger partial charge on any atom is 0.337 e. The fourth-order valence-electron chi connectivity index (χ4n) is 2.77. The molecule has 30 heavy (non-hydrogen) atoms. The van der Waals surface area contributed by atoms with Gasteiger partial charge in [0.1, 0.15) is 5.82 Å². The zero-order chi connectivity index (χ0) is 21.8. The third-order valence-electron chi connectivity index (χ3n) is 4.18. The molecule has 154 valence electrons. The van der Waals surface area contributed by atoms with E-state index in [4.69, 9.17) is 23.2 Å². The molecule has 1 aromatic heterocycles. The van der Waals surface area contributed by atoms with Gasteiger partial charge in [-0.25, -0.2) is 9.78 Å². The summed E-state index contributed by atoms with van der Waals surface area (Å²) in [7, 11) is 0. The molecule has 0 aliphatic rings. The molecule has 0 aliphatic heterocycles. The first-order valence-electron chi connectivity index (χ1n) is 8.74. The van der Waals surface area contributed by atoms with Crippen LogP contribution in [0.5, 0.6) is 0 Å². The van der Waals surface area contributed by atoms with Crippen LogP contribution in [0.4, 0.5) is 5.69 Å². The van der Waals surface area contributed by atoms with Crippen molar-refractivity contribution in [3.8, 4) is 0 Å². The summed E-state index contributed by atoms with van der Waals surface area (Å²) in [5.74, 6) is -1.88. The summed E-state index contributed by atoms with van der Waals surface area (Å²) in [6.45, 7) is 1.74. The summed E-state index contributed by atoms with van der Waals surface area (Å²) >= 11 is 12.1. The minimum atomic E-state index is -1.19. The first-order chi connectivity index (χ1) is 14.2. The molecule has 0 atom stereocenters. The highest BCUT2D eigenvalue weighted by Gasteiger charge is 2.23. The van der Waals surface area contributed by atoms with Crippen LogP contribution < -0.4 is 4.90 Å². The topological polar surface area (TPSA) is 116 Å². The summed E-state index contributed by atoms with van der Waals surface area (Å²) in [6.07, 6.45) is -0.476. The molecule has 0 saturated carbocycles. The van der Waals surface area contributed by atoms with E-state index < -0.39 is 24.1 Å². The number of aromatic amines is 1. The summed E-state index contributed by atoms with van der Waals surface area (Å²) < 4.78 is 0. The van der Waals surface area contributed by atoms with E-state index in [1.54, 1.807) is 31.2 Å². The van der Waals surface area contributed by atoms with Crippen molar-refractivity contribution in [3.05, 3.63) is 75.3 Å². The Hall–Kier alpha value is -3.23. The Labute approximate surface area is 181 Å². The number of amides is 1. The average molecular weight is 447 g/mol. The monoisotopic (exact) mass is 446 g/mol. The largest absolute Gasteiger partial charge is 0.478 e. The number of hydrogen-bond donors (Lipinski definition) is 2. The number of hydrogen-bond acceptors (Lipinski definition) is 5. The Morgan fingerprint density at radius 2 is 1.90 bits per heavy atom. The lowest BCUT2D eigenvalue weighted by Crippen LogP contribution is -2.32. The van der Waals surface area contributed by atoms with Gasteiger partial charge < -0.3 is 10.0 Å². The smallest absolute Gasteiger partial charge is 0.337 e. The lowest BCUT2D eigenvalue weighted by atomic mass is 10.1. The number of anilines is 1. The Morgan fingerprint density at radius 3 is 2.50 bits per heavy atom. The second-order valence-electron chi connectivity index (χ2n) is 6.42. The van der Waals surface area contributed by atoms with Gasteiger partial charge in [0.25, 0.3) is 0 Å². The molecule has 1 amide bonds. The van der Waals surface area contributed by atoms with Crippen molar-refractivity contribution in [1.82, 2.24) is 15.2 Å². The summed E-state index contributed by atoms with van der Waals surface area (Å²) in [6, 6.07) is 11.0. The number of carbonyl (C=O) groups is 3. The van der Waals surface area contributed by atoms with Crippen molar-refractivity contribution in [2.24, 2.45) is 0 Å². The van der Waals surface area contributed by atoms with Crippen molar-refractivity contribution < 1.29 is 19.5 Å². The molecule has 8 nitrogen and oxygen atoms in total. The van der Waals surface area contributed by atoms with Crippen molar-refractivity contribution in [2.75, 3.05) is 4.90 Å². The van der Waals surface area contributed by atoms with E-state index in [2.05, 4.69) is 15.2 Å². The number of ketones is 1. The predicted octanol–water partition coefficient (Wildman–Crippen LogP) is 3.92. The van der Waals surface area contributed by atoms with Crippen LogP contribution in [-0.4, -0.2) is 37.9 Å². The van der Waals surface area contributed by atoms with Crippen molar-refractivity contribution in [2.45, 2.75) is 19.9 Å². The average Bonchev–Trinajstić information content (AvgIpc) is 3.12. The summed E-state index contributed by atoms with van der Waals surface area (Å²) in [4.78, 5) is 41.9. The molecule has 3 rings (SSSR count). The van der Waals surface area contributed by atoms with Gasteiger partial charge in [-0.15, -0.1) is 0 Å². The van der Waals surface area contributed by atoms with Gasteiger partial charge in [-0.1, -0.05) is 35.3 Å². The van der Waals surface area contributed by atoms with E-state index in [0.29, 0.717) is 16.5 Å². The number of aryl methyl sites for hydroxylation is 1. The summed E-state index contributed by atoms with van der Waals surface area (Å²) in [5, 5.41) is 16.0. The second-order valence-corrected chi connectivity index (χ2v) is 7.27. The number of carbonyl (C=O) groups excluding carboxylic acids is 2. The highest BCUT2D eigenvalue weighted by Crippen LogP contribution is 2.26. The first-order valence-corrected chi connectivity index (χ1v) is 9.50. The van der Waals surface area contributed by atoms with Crippen LogP contribution in [0.25, 0.3) is 0 Å². The van der Waals surface area contributed by atoms with Crippen molar-refractivity contribution >= 4 is 46.5 Å². The number of H-pyrrole nitrogens is 1. The number of aromatic nitrogens is 3. The molecule has 1 heterocycles. The summed E-state index contributed by atoms with van der Waals surface area (Å²) in [5.41, 5.74) is 0.965. The van der Waals surface area contributed by atoms with E-state index in [0.717, 1.165) is 5.56 Å². The fourth-order valence-corrected chi connectivity index (χ4v) is 3.23. The van der Waals surface area contributed by atoms with Crippen LogP contribution in [-0.2, 0) is 11.3 Å². The van der Waals surface area contributed by atoms with Gasteiger partial charge >= 0.3 is 5.97 Å². The van der Waals surface area contributed by atoms with Gasteiger partial charge in [0, 0.05) is 10.7 Å². The Kier molecular flexibility index (Phi) is 6.49. The number of benzene rings is 2. The third kappa shape index (κ3) is 5.03. The van der Waals surface area contributed by atoms with E-state index in [-0.39, 0.29) is 23.0 Å². The molecule has 0 bridgehead atoms. The number of nitrogens with one attached hydrogen (secondary N) is 1. The van der Waals surface area contributed by atoms with Crippen LogP contribution in [0.2, 0.25) is 10.0 Å². The van der Waals surface area contributed by atoms with Crippen LogP contribution in [0.15, 0.2) is 42.5 Å². The van der Waals surface area contributed by atoms with Gasteiger partial charge in [0.2, 0.25) is 17.5 Å². The standard InChI is InChI=1S/C20H16Cl2N4O4/c1-11-23-19(25-24-11)17(27)9-18(28)26(10-12-3-2-4-13(21)7-12)14-5-6-15(20(29)30)16(22)8-14/h2-8H,9-10H2,1H3,(H,29,30)(H,23,24,25). The van der Waals surface area contributed by atoms with Gasteiger partial charge in [0.15, 0.2) is 0 Å². The first kappa shape index (κ1) is 21.5. The normalized spacial score (nSPS) is 10.6. The Morgan fingerprint density at radius 1 is 1.13 bits per heavy atom. The Balaban J connectivity index is 1.92. The van der Waals surface area contributed by atoms with E-state index >= 15 is 0 Å². The molecule has 0 spiro atoms. The van der Waals surface area contributed by atoms with Crippen molar-refractivity contribution in [1.29, 1.82) is 0 Å². The highest BCUT2D eigenvalue weighted by atomic mass is 35.5. The number of halogens is 2.